The van der Waals surface area contributed by atoms with Crippen LogP contribution in [0, 0.1) is 0 Å². The highest BCUT2D eigenvalue weighted by Gasteiger charge is 2.06. The Morgan fingerprint density at radius 3 is 2.93 bits per heavy atom. The maximum Gasteiger partial charge on any atom is 0.122 e. The summed E-state index contributed by atoms with van der Waals surface area (Å²) in [4.78, 5) is 1.21. The molecule has 0 spiro atoms. The molecule has 0 aliphatic carbocycles. The van der Waals surface area contributed by atoms with E-state index in [1.54, 1.807) is 18.9 Å². The molecule has 0 amide bonds. The zero-order valence-electron chi connectivity index (χ0n) is 8.86. The number of nitrogens with zero attached hydrogens (tertiary/aromatic N) is 1. The van der Waals surface area contributed by atoms with Crippen molar-refractivity contribution in [1.29, 1.82) is 0 Å². The smallest absolute Gasteiger partial charge is 0.122 e. The summed E-state index contributed by atoms with van der Waals surface area (Å²) in [6.07, 6.45) is 4.08. The number of nitrogens with two attached hydrogens (primary N) is 1. The van der Waals surface area contributed by atoms with Gasteiger partial charge in [0.2, 0.25) is 0 Å². The Labute approximate surface area is 93.2 Å². The average Bonchev–Trinajstić information content (AvgIpc) is 2.61. The normalized spacial score (nSPS) is 11.1. The van der Waals surface area contributed by atoms with E-state index in [1.165, 1.54) is 10.3 Å². The zero-order chi connectivity index (χ0) is 10.8. The Kier molecular flexibility index (Phi) is 2.88. The Balaban J connectivity index is 2.64. The SMILES string of the molecule is COCn1ccc2c(SC)cc(N)cc21. The van der Waals surface area contributed by atoms with Gasteiger partial charge in [-0.15, -0.1) is 11.8 Å². The number of methoxy groups -OCH3 is 1. The van der Waals surface area contributed by atoms with Crippen molar-refractivity contribution >= 4 is 28.4 Å². The maximum atomic E-state index is 5.86. The summed E-state index contributed by atoms with van der Waals surface area (Å²) in [5.74, 6) is 0. The summed E-state index contributed by atoms with van der Waals surface area (Å²) in [5.41, 5.74) is 7.78. The van der Waals surface area contributed by atoms with E-state index in [-0.39, 0.29) is 0 Å². The van der Waals surface area contributed by atoms with Crippen LogP contribution < -0.4 is 5.73 Å². The highest BCUT2D eigenvalue weighted by atomic mass is 32.2. The second kappa shape index (κ2) is 4.16. The van der Waals surface area contributed by atoms with Gasteiger partial charge in [0.25, 0.3) is 0 Å². The van der Waals surface area contributed by atoms with Gasteiger partial charge in [0.05, 0.1) is 5.52 Å². The van der Waals surface area contributed by atoms with Crippen molar-refractivity contribution in [1.82, 2.24) is 4.57 Å². The van der Waals surface area contributed by atoms with E-state index in [0.29, 0.717) is 6.73 Å². The molecule has 2 aromatic rings. The lowest BCUT2D eigenvalue weighted by Gasteiger charge is -2.06. The molecule has 2 N–H and O–H groups in total. The van der Waals surface area contributed by atoms with Crippen molar-refractivity contribution in [3.05, 3.63) is 24.4 Å². The molecular formula is C11H14N2OS. The molecule has 0 bridgehead atoms. The third kappa shape index (κ3) is 1.82. The molecule has 3 nitrogen and oxygen atoms in total. The molecule has 15 heavy (non-hydrogen) atoms. The zero-order valence-corrected chi connectivity index (χ0v) is 9.67. The molecule has 1 aromatic heterocycles. The van der Waals surface area contributed by atoms with E-state index >= 15 is 0 Å². The highest BCUT2D eigenvalue weighted by Crippen LogP contribution is 2.29. The third-order valence-corrected chi connectivity index (χ3v) is 3.14. The molecule has 0 radical (unpaired) electrons. The van der Waals surface area contributed by atoms with Crippen LogP contribution >= 0.6 is 11.8 Å². The number of fused-ring (bicyclic) bond motifs is 1. The van der Waals surface area contributed by atoms with Gasteiger partial charge in [-0.1, -0.05) is 0 Å². The van der Waals surface area contributed by atoms with Crippen molar-refractivity contribution in [2.75, 3.05) is 19.1 Å². The monoisotopic (exact) mass is 222 g/mol. The minimum absolute atomic E-state index is 0.556. The fourth-order valence-electron chi connectivity index (χ4n) is 1.70. The van der Waals surface area contributed by atoms with Crippen molar-refractivity contribution in [2.45, 2.75) is 11.6 Å². The summed E-state index contributed by atoms with van der Waals surface area (Å²) < 4.78 is 7.17. The van der Waals surface area contributed by atoms with Crippen LogP contribution in [0.4, 0.5) is 5.69 Å². The molecular weight excluding hydrogens is 208 g/mol. The first-order valence-electron chi connectivity index (χ1n) is 4.67. The van der Waals surface area contributed by atoms with Crippen LogP contribution in [-0.4, -0.2) is 17.9 Å². The van der Waals surface area contributed by atoms with Gasteiger partial charge < -0.3 is 15.0 Å². The largest absolute Gasteiger partial charge is 0.399 e. The lowest BCUT2D eigenvalue weighted by molar-refractivity contribution is 0.135. The Morgan fingerprint density at radius 1 is 1.47 bits per heavy atom. The van der Waals surface area contributed by atoms with E-state index in [2.05, 4.69) is 12.3 Å². The first kappa shape index (κ1) is 10.4. The molecule has 4 heteroatoms. The maximum absolute atomic E-state index is 5.86. The van der Waals surface area contributed by atoms with Crippen LogP contribution in [0.15, 0.2) is 29.3 Å². The molecule has 0 aliphatic heterocycles. The second-order valence-corrected chi connectivity index (χ2v) is 4.21. The summed E-state index contributed by atoms with van der Waals surface area (Å²) in [5, 5.41) is 1.23. The van der Waals surface area contributed by atoms with E-state index in [4.69, 9.17) is 10.5 Å². The Hall–Kier alpha value is -1.13. The van der Waals surface area contributed by atoms with Crippen LogP contribution in [0.3, 0.4) is 0 Å². The quantitative estimate of drug-likeness (QED) is 0.641. The van der Waals surface area contributed by atoms with E-state index in [1.807, 2.05) is 22.9 Å². The molecule has 0 saturated heterocycles. The fourth-order valence-corrected chi connectivity index (χ4v) is 2.35. The number of ether oxygens (including phenoxy) is 1. The number of benzene rings is 1. The van der Waals surface area contributed by atoms with Gasteiger partial charge in [0.1, 0.15) is 6.73 Å². The number of hydrogen-bond acceptors (Lipinski definition) is 3. The van der Waals surface area contributed by atoms with Gasteiger partial charge >= 0.3 is 0 Å². The lowest BCUT2D eigenvalue weighted by atomic mass is 10.2. The van der Waals surface area contributed by atoms with Crippen molar-refractivity contribution in [3.63, 3.8) is 0 Å². The van der Waals surface area contributed by atoms with Crippen LogP contribution in [0.2, 0.25) is 0 Å². The Bertz CT molecular complexity index is 479. The van der Waals surface area contributed by atoms with E-state index in [0.717, 1.165) is 11.2 Å². The molecule has 0 unspecified atom stereocenters. The van der Waals surface area contributed by atoms with Crippen molar-refractivity contribution in [2.24, 2.45) is 0 Å². The minimum Gasteiger partial charge on any atom is -0.399 e. The van der Waals surface area contributed by atoms with Gasteiger partial charge in [-0.25, -0.2) is 0 Å². The lowest BCUT2D eigenvalue weighted by Crippen LogP contribution is -1.98. The van der Waals surface area contributed by atoms with Crippen molar-refractivity contribution in [3.8, 4) is 0 Å². The third-order valence-electron chi connectivity index (χ3n) is 2.36. The van der Waals surface area contributed by atoms with Crippen molar-refractivity contribution < 1.29 is 4.74 Å². The number of thioether (sulfide) groups is 1. The molecule has 0 saturated carbocycles. The molecule has 1 aromatic carbocycles. The summed E-state index contributed by atoms with van der Waals surface area (Å²) in [7, 11) is 1.69. The van der Waals surface area contributed by atoms with Gasteiger partial charge in [-0.05, 0) is 24.5 Å². The first-order valence-corrected chi connectivity index (χ1v) is 5.90. The number of aromatic nitrogens is 1. The molecule has 2 rings (SSSR count). The average molecular weight is 222 g/mol. The fraction of sp³-hybridized carbons (Fsp3) is 0.273. The second-order valence-electron chi connectivity index (χ2n) is 3.36. The van der Waals surface area contributed by atoms with Crippen LogP contribution in [0.1, 0.15) is 0 Å². The van der Waals surface area contributed by atoms with Gasteiger partial charge in [-0.2, -0.15) is 0 Å². The summed E-state index contributed by atoms with van der Waals surface area (Å²) in [6, 6.07) is 6.08. The summed E-state index contributed by atoms with van der Waals surface area (Å²) in [6.45, 7) is 0.556. The minimum atomic E-state index is 0.556. The Morgan fingerprint density at radius 2 is 2.27 bits per heavy atom. The highest BCUT2D eigenvalue weighted by molar-refractivity contribution is 7.98. The predicted molar refractivity (Wildman–Crippen MR) is 65.1 cm³/mol. The van der Waals surface area contributed by atoms with Gasteiger partial charge in [0.15, 0.2) is 0 Å². The standard InChI is InChI=1S/C11H14N2OS/c1-14-7-13-4-3-9-10(13)5-8(12)6-11(9)15-2/h3-6H,7,12H2,1-2H3. The van der Waals surface area contributed by atoms with E-state index < -0.39 is 0 Å². The predicted octanol–water partition coefficient (Wildman–Crippen LogP) is 2.55. The first-order chi connectivity index (χ1) is 7.26. The molecule has 0 fully saturated rings. The topological polar surface area (TPSA) is 40.2 Å². The number of nitrogen functional groups attached to an aromatic ring is 1. The number of hydrogen-bond donors (Lipinski definition) is 1. The van der Waals surface area contributed by atoms with Crippen LogP contribution in [0.5, 0.6) is 0 Å². The van der Waals surface area contributed by atoms with E-state index in [9.17, 15) is 0 Å². The molecule has 0 aliphatic rings. The molecule has 1 heterocycles. The molecule has 80 valence electrons. The van der Waals surface area contributed by atoms with Crippen LogP contribution in [-0.2, 0) is 11.5 Å². The summed E-state index contributed by atoms with van der Waals surface area (Å²) >= 11 is 1.71. The van der Waals surface area contributed by atoms with Gasteiger partial charge in [0, 0.05) is 29.3 Å². The van der Waals surface area contributed by atoms with Gasteiger partial charge in [-0.3, -0.25) is 0 Å². The van der Waals surface area contributed by atoms with Crippen LogP contribution in [0.25, 0.3) is 10.9 Å². The number of rotatable bonds is 3. The molecule has 0 atom stereocenters. The number of anilines is 1.